The number of rotatable bonds is 5. The van der Waals surface area contributed by atoms with Crippen LogP contribution in [0.1, 0.15) is 21.7 Å². The first-order chi connectivity index (χ1) is 11.6. The van der Waals surface area contributed by atoms with Crippen molar-refractivity contribution < 1.29 is 18.0 Å². The molecule has 1 aromatic heterocycles. The van der Waals surface area contributed by atoms with Crippen LogP contribution in [0, 0.1) is 11.6 Å². The highest BCUT2D eigenvalue weighted by Gasteiger charge is 2.21. The molecule has 5 heteroatoms. The van der Waals surface area contributed by atoms with Crippen molar-refractivity contribution in [2.75, 3.05) is 0 Å². The van der Waals surface area contributed by atoms with E-state index in [1.165, 1.54) is 35.4 Å². The smallest absolute Gasteiger partial charge is 0.257 e. The lowest BCUT2D eigenvalue weighted by Crippen LogP contribution is -2.31. The summed E-state index contributed by atoms with van der Waals surface area (Å²) in [7, 11) is 0. The van der Waals surface area contributed by atoms with Gasteiger partial charge >= 0.3 is 0 Å². The van der Waals surface area contributed by atoms with Crippen molar-refractivity contribution >= 4 is 5.91 Å². The quantitative estimate of drug-likeness (QED) is 0.696. The number of hydrogen-bond donors (Lipinski definition) is 0. The Kier molecular flexibility index (Phi) is 4.70. The fraction of sp³-hybridized carbons (Fsp3) is 0.105. The number of hydrogen-bond acceptors (Lipinski definition) is 2. The predicted octanol–water partition coefficient (Wildman–Crippen LogP) is 4.40. The highest BCUT2D eigenvalue weighted by Crippen LogP contribution is 2.18. The molecule has 122 valence electrons. The number of halogens is 2. The van der Waals surface area contributed by atoms with Gasteiger partial charge in [0.2, 0.25) is 0 Å². The fourth-order valence-electron chi connectivity index (χ4n) is 2.43. The highest BCUT2D eigenvalue weighted by molar-refractivity contribution is 5.94. The van der Waals surface area contributed by atoms with E-state index in [9.17, 15) is 13.6 Å². The van der Waals surface area contributed by atoms with Gasteiger partial charge in [-0.2, -0.15) is 0 Å². The first-order valence-electron chi connectivity index (χ1n) is 7.45. The molecule has 0 aliphatic carbocycles. The molecule has 1 amide bonds. The number of nitrogens with zero attached hydrogens (tertiary/aromatic N) is 1. The van der Waals surface area contributed by atoms with Crippen molar-refractivity contribution in [3.63, 3.8) is 0 Å². The average Bonchev–Trinajstić information content (AvgIpc) is 3.09. The van der Waals surface area contributed by atoms with Crippen LogP contribution in [0.4, 0.5) is 8.78 Å². The van der Waals surface area contributed by atoms with Gasteiger partial charge in [-0.05, 0) is 30.3 Å². The third-order valence-electron chi connectivity index (χ3n) is 3.64. The molecule has 3 nitrogen and oxygen atoms in total. The monoisotopic (exact) mass is 327 g/mol. The lowest BCUT2D eigenvalue weighted by molar-refractivity contribution is 0.0711. The topological polar surface area (TPSA) is 33.5 Å². The van der Waals surface area contributed by atoms with E-state index >= 15 is 0 Å². The van der Waals surface area contributed by atoms with E-state index in [2.05, 4.69) is 0 Å². The zero-order valence-corrected chi connectivity index (χ0v) is 12.8. The Morgan fingerprint density at radius 2 is 1.58 bits per heavy atom. The third kappa shape index (κ3) is 3.51. The number of carbonyl (C=O) groups is 1. The van der Waals surface area contributed by atoms with Gasteiger partial charge in [-0.3, -0.25) is 4.79 Å². The minimum atomic E-state index is -0.611. The van der Waals surface area contributed by atoms with Gasteiger partial charge in [0.15, 0.2) is 0 Å². The SMILES string of the molecule is O=C(c1ccccc1F)N(Cc1ccco1)Cc1ccccc1F. The third-order valence-corrected chi connectivity index (χ3v) is 3.64. The van der Waals surface area contributed by atoms with Crippen LogP contribution < -0.4 is 0 Å². The molecule has 24 heavy (non-hydrogen) atoms. The molecule has 0 atom stereocenters. The molecule has 3 aromatic rings. The van der Waals surface area contributed by atoms with Gasteiger partial charge in [-0.1, -0.05) is 30.3 Å². The maximum absolute atomic E-state index is 14.0. The number of furan rings is 1. The standard InChI is InChI=1S/C19H15F2NO2/c20-17-9-3-1-6-14(17)12-22(13-15-7-5-11-24-15)19(23)16-8-2-4-10-18(16)21/h1-11H,12-13H2. The zero-order chi connectivity index (χ0) is 16.9. The van der Waals surface area contributed by atoms with Crippen molar-refractivity contribution in [1.29, 1.82) is 0 Å². The van der Waals surface area contributed by atoms with E-state index < -0.39 is 17.5 Å². The second-order valence-electron chi connectivity index (χ2n) is 5.31. The van der Waals surface area contributed by atoms with E-state index in [0.717, 1.165) is 0 Å². The van der Waals surface area contributed by atoms with Crippen LogP contribution >= 0.6 is 0 Å². The maximum atomic E-state index is 14.0. The van der Waals surface area contributed by atoms with Gasteiger partial charge in [0.05, 0.1) is 18.4 Å². The number of carbonyl (C=O) groups excluding carboxylic acids is 1. The molecule has 0 fully saturated rings. The van der Waals surface area contributed by atoms with Crippen LogP contribution in [0.15, 0.2) is 71.3 Å². The van der Waals surface area contributed by atoms with Crippen LogP contribution in [-0.4, -0.2) is 10.8 Å². The van der Waals surface area contributed by atoms with Gasteiger partial charge < -0.3 is 9.32 Å². The van der Waals surface area contributed by atoms with Crippen molar-refractivity contribution in [3.8, 4) is 0 Å². The summed E-state index contributed by atoms with van der Waals surface area (Å²) in [6, 6.07) is 15.3. The largest absolute Gasteiger partial charge is 0.467 e. The first kappa shape index (κ1) is 15.9. The maximum Gasteiger partial charge on any atom is 0.257 e. The van der Waals surface area contributed by atoms with Gasteiger partial charge in [0.25, 0.3) is 5.91 Å². The van der Waals surface area contributed by atoms with Crippen LogP contribution in [0.3, 0.4) is 0 Å². The van der Waals surface area contributed by atoms with E-state index in [1.807, 2.05) is 0 Å². The van der Waals surface area contributed by atoms with Gasteiger partial charge in [0.1, 0.15) is 17.4 Å². The van der Waals surface area contributed by atoms with Crippen LogP contribution in [-0.2, 0) is 13.1 Å². The Balaban J connectivity index is 1.91. The molecule has 0 unspecified atom stereocenters. The molecule has 0 saturated carbocycles. The number of benzene rings is 2. The normalized spacial score (nSPS) is 10.6. The summed E-state index contributed by atoms with van der Waals surface area (Å²) in [6.45, 7) is 0.134. The molecule has 3 rings (SSSR count). The Morgan fingerprint density at radius 3 is 2.25 bits per heavy atom. The molecule has 0 spiro atoms. The lowest BCUT2D eigenvalue weighted by Gasteiger charge is -2.22. The molecule has 0 aliphatic heterocycles. The fourth-order valence-corrected chi connectivity index (χ4v) is 2.43. The van der Waals surface area contributed by atoms with Crippen molar-refractivity contribution in [1.82, 2.24) is 4.90 Å². The molecule has 2 aromatic carbocycles. The van der Waals surface area contributed by atoms with Gasteiger partial charge in [0, 0.05) is 12.1 Å². The van der Waals surface area contributed by atoms with Crippen molar-refractivity contribution in [2.45, 2.75) is 13.1 Å². The summed E-state index contributed by atoms with van der Waals surface area (Å²) in [5.74, 6) is -1.01. The molecular formula is C19H15F2NO2. The van der Waals surface area contributed by atoms with E-state index in [-0.39, 0.29) is 18.7 Å². The molecule has 0 saturated heterocycles. The van der Waals surface area contributed by atoms with Gasteiger partial charge in [-0.25, -0.2) is 8.78 Å². The summed E-state index contributed by atoms with van der Waals surface area (Å²) < 4.78 is 33.2. The second kappa shape index (κ2) is 7.08. The summed E-state index contributed by atoms with van der Waals surface area (Å²) in [5, 5.41) is 0. The lowest BCUT2D eigenvalue weighted by atomic mass is 10.1. The molecule has 0 N–H and O–H groups in total. The van der Waals surface area contributed by atoms with E-state index in [1.54, 1.807) is 36.4 Å². The summed E-state index contributed by atoms with van der Waals surface area (Å²) in [6.07, 6.45) is 1.49. The summed E-state index contributed by atoms with van der Waals surface area (Å²) in [4.78, 5) is 14.1. The summed E-state index contributed by atoms with van der Waals surface area (Å²) in [5.41, 5.74) is 0.300. The van der Waals surface area contributed by atoms with Crippen molar-refractivity contribution in [2.24, 2.45) is 0 Å². The van der Waals surface area contributed by atoms with E-state index in [0.29, 0.717) is 11.3 Å². The van der Waals surface area contributed by atoms with Crippen LogP contribution in [0.25, 0.3) is 0 Å². The number of amides is 1. The minimum Gasteiger partial charge on any atom is -0.467 e. The molecule has 0 radical (unpaired) electrons. The van der Waals surface area contributed by atoms with E-state index in [4.69, 9.17) is 4.42 Å². The Labute approximate surface area is 138 Å². The zero-order valence-electron chi connectivity index (χ0n) is 12.8. The molecule has 0 aliphatic rings. The predicted molar refractivity (Wildman–Crippen MR) is 85.1 cm³/mol. The van der Waals surface area contributed by atoms with Crippen LogP contribution in [0.5, 0.6) is 0 Å². The average molecular weight is 327 g/mol. The molecule has 1 heterocycles. The second-order valence-corrected chi connectivity index (χ2v) is 5.31. The Hall–Kier alpha value is -2.95. The summed E-state index contributed by atoms with van der Waals surface area (Å²) >= 11 is 0. The van der Waals surface area contributed by atoms with Crippen molar-refractivity contribution in [3.05, 3.63) is 95.4 Å². The van der Waals surface area contributed by atoms with Crippen LogP contribution in [0.2, 0.25) is 0 Å². The first-order valence-corrected chi connectivity index (χ1v) is 7.45. The minimum absolute atomic E-state index is 0.0144. The molecule has 0 bridgehead atoms. The highest BCUT2D eigenvalue weighted by atomic mass is 19.1. The molecular weight excluding hydrogens is 312 g/mol. The Morgan fingerprint density at radius 1 is 0.875 bits per heavy atom. The Bertz CT molecular complexity index is 831. The van der Waals surface area contributed by atoms with Gasteiger partial charge in [-0.15, -0.1) is 0 Å².